The molecule has 1 saturated heterocycles. The van der Waals surface area contributed by atoms with E-state index in [1.165, 1.54) is 32.2 Å². The molecule has 0 aliphatic carbocycles. The molecule has 124 valence electrons. The highest BCUT2D eigenvalue weighted by Crippen LogP contribution is 2.26. The lowest BCUT2D eigenvalue weighted by Gasteiger charge is -2.32. The first kappa shape index (κ1) is 16.8. The molecule has 1 fully saturated rings. The second-order valence-electron chi connectivity index (χ2n) is 6.18. The van der Waals surface area contributed by atoms with Gasteiger partial charge in [-0.1, -0.05) is 35.9 Å². The smallest absolute Gasteiger partial charge is 0.195 e. The maximum absolute atomic E-state index is 6.24. The topological polar surface area (TPSA) is 34.0 Å². The summed E-state index contributed by atoms with van der Waals surface area (Å²) < 4.78 is 2.01. The van der Waals surface area contributed by atoms with Crippen LogP contribution in [0.5, 0.6) is 0 Å². The second kappa shape index (κ2) is 7.69. The summed E-state index contributed by atoms with van der Waals surface area (Å²) in [4.78, 5) is 2.49. The second-order valence-corrected chi connectivity index (χ2v) is 7.65. The molecule has 0 amide bonds. The number of nitrogens with zero attached hydrogens (tertiary/aromatic N) is 4. The Bertz CT molecular complexity index is 658. The maximum atomic E-state index is 6.24. The predicted molar refractivity (Wildman–Crippen MR) is 96.7 cm³/mol. The van der Waals surface area contributed by atoms with Crippen LogP contribution >= 0.6 is 23.4 Å². The summed E-state index contributed by atoms with van der Waals surface area (Å²) in [7, 11) is 2.24. The average Bonchev–Trinajstić information content (AvgIpc) is 3.00. The first-order valence-corrected chi connectivity index (χ1v) is 9.51. The van der Waals surface area contributed by atoms with Crippen LogP contribution in [0.2, 0.25) is 5.02 Å². The van der Waals surface area contributed by atoms with Gasteiger partial charge in [0.1, 0.15) is 6.33 Å². The van der Waals surface area contributed by atoms with Crippen LogP contribution in [0.3, 0.4) is 0 Å². The van der Waals surface area contributed by atoms with E-state index < -0.39 is 0 Å². The average molecular weight is 351 g/mol. The Hall–Kier alpha value is -1.04. The van der Waals surface area contributed by atoms with Crippen molar-refractivity contribution >= 4 is 23.4 Å². The number of likely N-dealkylation sites (tertiary alicyclic amines) is 1. The van der Waals surface area contributed by atoms with Crippen molar-refractivity contribution in [1.29, 1.82) is 0 Å². The lowest BCUT2D eigenvalue weighted by atomic mass is 10.0. The number of rotatable bonds is 5. The summed E-state index contributed by atoms with van der Waals surface area (Å²) in [5.41, 5.74) is 2.10. The molecule has 1 unspecified atom stereocenters. The zero-order valence-electron chi connectivity index (χ0n) is 13.7. The van der Waals surface area contributed by atoms with Crippen LogP contribution in [-0.4, -0.2) is 45.1 Å². The van der Waals surface area contributed by atoms with Gasteiger partial charge in [0.25, 0.3) is 0 Å². The van der Waals surface area contributed by atoms with Crippen molar-refractivity contribution in [2.75, 3.05) is 19.3 Å². The molecule has 0 spiro atoms. The molecule has 1 aromatic heterocycles. The third-order valence-electron chi connectivity index (χ3n) is 4.55. The summed E-state index contributed by atoms with van der Waals surface area (Å²) >= 11 is 8.01. The molecule has 0 saturated carbocycles. The normalized spacial score (nSPS) is 19.2. The number of hydrogen-bond acceptors (Lipinski definition) is 4. The molecule has 1 atom stereocenters. The van der Waals surface area contributed by atoms with E-state index in [9.17, 15) is 0 Å². The van der Waals surface area contributed by atoms with E-state index in [0.717, 1.165) is 27.2 Å². The summed E-state index contributed by atoms with van der Waals surface area (Å²) in [6, 6.07) is 6.77. The minimum absolute atomic E-state index is 0.710. The quantitative estimate of drug-likeness (QED) is 0.757. The van der Waals surface area contributed by atoms with Crippen LogP contribution in [0.25, 0.3) is 5.69 Å². The zero-order valence-corrected chi connectivity index (χ0v) is 15.3. The number of hydrogen-bond donors (Lipinski definition) is 0. The van der Waals surface area contributed by atoms with Crippen molar-refractivity contribution in [3.8, 4) is 5.69 Å². The van der Waals surface area contributed by atoms with Crippen LogP contribution in [0.1, 0.15) is 31.2 Å². The van der Waals surface area contributed by atoms with Crippen LogP contribution in [0.15, 0.2) is 29.7 Å². The van der Waals surface area contributed by atoms with Gasteiger partial charge < -0.3 is 4.90 Å². The molecule has 6 heteroatoms. The highest BCUT2D eigenvalue weighted by Gasteiger charge is 2.19. The fourth-order valence-electron chi connectivity index (χ4n) is 3.03. The van der Waals surface area contributed by atoms with Crippen molar-refractivity contribution < 1.29 is 0 Å². The summed E-state index contributed by atoms with van der Waals surface area (Å²) in [6.45, 7) is 3.24. The number of aryl methyl sites for hydroxylation is 1. The van der Waals surface area contributed by atoms with Crippen LogP contribution in [0.4, 0.5) is 0 Å². The molecule has 1 aliphatic heterocycles. The summed E-state index contributed by atoms with van der Waals surface area (Å²) in [5.74, 6) is 1.06. The van der Waals surface area contributed by atoms with Gasteiger partial charge >= 0.3 is 0 Å². The van der Waals surface area contributed by atoms with E-state index in [2.05, 4.69) is 28.2 Å². The lowest BCUT2D eigenvalue weighted by Crippen LogP contribution is -2.36. The first-order valence-electron chi connectivity index (χ1n) is 8.15. The van der Waals surface area contributed by atoms with Crippen LogP contribution < -0.4 is 0 Å². The summed E-state index contributed by atoms with van der Waals surface area (Å²) in [6.07, 6.45) is 6.97. The molecule has 23 heavy (non-hydrogen) atoms. The molecule has 1 aromatic carbocycles. The van der Waals surface area contributed by atoms with E-state index in [1.54, 1.807) is 18.1 Å². The molecule has 4 nitrogen and oxygen atoms in total. The monoisotopic (exact) mass is 350 g/mol. The summed E-state index contributed by atoms with van der Waals surface area (Å²) in [5, 5.41) is 10.0. The Balaban J connectivity index is 1.63. The van der Waals surface area contributed by atoms with Gasteiger partial charge in [0.05, 0.1) is 5.69 Å². The van der Waals surface area contributed by atoms with Crippen LogP contribution in [-0.2, 0) is 0 Å². The molecular weight excluding hydrogens is 328 g/mol. The Morgan fingerprint density at radius 2 is 2.22 bits per heavy atom. The number of thioether (sulfide) groups is 1. The van der Waals surface area contributed by atoms with Crippen molar-refractivity contribution in [3.05, 3.63) is 35.1 Å². The van der Waals surface area contributed by atoms with Gasteiger partial charge in [-0.25, -0.2) is 0 Å². The van der Waals surface area contributed by atoms with E-state index >= 15 is 0 Å². The Labute approximate surface area is 147 Å². The molecule has 1 aliphatic rings. The van der Waals surface area contributed by atoms with Gasteiger partial charge in [-0.05, 0) is 57.5 Å². The van der Waals surface area contributed by atoms with E-state index in [1.807, 2.05) is 23.6 Å². The highest BCUT2D eigenvalue weighted by molar-refractivity contribution is 7.99. The number of benzene rings is 1. The minimum atomic E-state index is 0.710. The largest absolute Gasteiger partial charge is 0.303 e. The van der Waals surface area contributed by atoms with Crippen molar-refractivity contribution in [3.63, 3.8) is 0 Å². The number of aromatic nitrogens is 3. The van der Waals surface area contributed by atoms with E-state index in [0.29, 0.717) is 6.04 Å². The van der Waals surface area contributed by atoms with Crippen molar-refractivity contribution in [2.24, 2.45) is 0 Å². The molecule has 3 rings (SSSR count). The first-order chi connectivity index (χ1) is 11.1. The highest BCUT2D eigenvalue weighted by atomic mass is 35.5. The van der Waals surface area contributed by atoms with Gasteiger partial charge in [-0.15, -0.1) is 10.2 Å². The molecule has 2 heterocycles. The lowest BCUT2D eigenvalue weighted by molar-refractivity contribution is 0.182. The van der Waals surface area contributed by atoms with E-state index in [-0.39, 0.29) is 0 Å². The van der Waals surface area contributed by atoms with Gasteiger partial charge in [0, 0.05) is 16.8 Å². The molecule has 2 aromatic rings. The fourth-order valence-corrected chi connectivity index (χ4v) is 4.17. The third-order valence-corrected chi connectivity index (χ3v) is 5.94. The van der Waals surface area contributed by atoms with Crippen molar-refractivity contribution in [2.45, 2.75) is 43.8 Å². The Kier molecular flexibility index (Phi) is 5.62. The van der Waals surface area contributed by atoms with Gasteiger partial charge in [0.2, 0.25) is 0 Å². The third kappa shape index (κ3) is 4.08. The predicted octanol–water partition coefficient (Wildman–Crippen LogP) is 4.20. The fraction of sp³-hybridized carbons (Fsp3) is 0.529. The van der Waals surface area contributed by atoms with Gasteiger partial charge in [-0.2, -0.15) is 0 Å². The van der Waals surface area contributed by atoms with Gasteiger partial charge in [0.15, 0.2) is 5.16 Å². The molecule has 0 bridgehead atoms. The molecular formula is C17H23ClN4S. The maximum Gasteiger partial charge on any atom is 0.195 e. The number of halogens is 1. The standard InChI is InChI=1S/C17H23ClN4S/c1-13-6-7-15(11-16(13)18)22-12-19-20-17(22)23-10-8-14-5-3-4-9-21(14)2/h6-7,11-12,14H,3-5,8-10H2,1-2H3. The Morgan fingerprint density at radius 3 is 3.00 bits per heavy atom. The molecule has 0 N–H and O–H groups in total. The van der Waals surface area contributed by atoms with Crippen molar-refractivity contribution in [1.82, 2.24) is 19.7 Å². The van der Waals surface area contributed by atoms with Crippen LogP contribution in [0, 0.1) is 6.92 Å². The SMILES string of the molecule is Cc1ccc(-n2cnnc2SCCC2CCCCN2C)cc1Cl. The minimum Gasteiger partial charge on any atom is -0.303 e. The Morgan fingerprint density at radius 1 is 1.35 bits per heavy atom. The zero-order chi connectivity index (χ0) is 16.2. The molecule has 0 radical (unpaired) electrons. The number of piperidine rings is 1. The van der Waals surface area contributed by atoms with E-state index in [4.69, 9.17) is 11.6 Å². The van der Waals surface area contributed by atoms with Gasteiger partial charge in [-0.3, -0.25) is 4.57 Å².